The van der Waals surface area contributed by atoms with Crippen LogP contribution in [0.3, 0.4) is 0 Å². The van der Waals surface area contributed by atoms with E-state index in [0.717, 1.165) is 4.47 Å². The van der Waals surface area contributed by atoms with Crippen LogP contribution in [0.25, 0.3) is 0 Å². The number of alkyl halides is 3. The zero-order chi connectivity index (χ0) is 8.48. The second-order valence-electron chi connectivity index (χ2n) is 2.00. The summed E-state index contributed by atoms with van der Waals surface area (Å²) >= 11 is 13.6. The summed E-state index contributed by atoms with van der Waals surface area (Å²) < 4.78 is 11.3. The first-order valence-electron chi connectivity index (χ1n) is 2.83. The lowest BCUT2D eigenvalue weighted by Gasteiger charge is -2.08. The van der Waals surface area contributed by atoms with Gasteiger partial charge in [-0.2, -0.15) is 0 Å². The van der Waals surface area contributed by atoms with Crippen molar-refractivity contribution in [2.75, 3.05) is 0 Å². The molecule has 0 N–H and O–H groups in total. The van der Waals surface area contributed by atoms with Crippen molar-refractivity contribution >= 4 is 39.1 Å². The Bertz CT molecular complexity index is 240. The topological polar surface area (TPSA) is 0 Å². The molecule has 0 radical (unpaired) electrons. The first-order chi connectivity index (χ1) is 5.00. The molecular formula is C7H4BrCl2F. The molecule has 0 fully saturated rings. The van der Waals surface area contributed by atoms with Gasteiger partial charge < -0.3 is 0 Å². The Morgan fingerprint density at radius 2 is 1.64 bits per heavy atom. The van der Waals surface area contributed by atoms with Crippen molar-refractivity contribution in [3.05, 3.63) is 34.3 Å². The second-order valence-corrected chi connectivity index (χ2v) is 4.16. The highest BCUT2D eigenvalue weighted by Crippen LogP contribution is 2.35. The van der Waals surface area contributed by atoms with E-state index in [4.69, 9.17) is 23.2 Å². The first kappa shape index (κ1) is 9.30. The van der Waals surface area contributed by atoms with Crippen LogP contribution in [0.5, 0.6) is 0 Å². The molecule has 0 atom stereocenters. The van der Waals surface area contributed by atoms with Crippen LogP contribution in [0.2, 0.25) is 0 Å². The van der Waals surface area contributed by atoms with Crippen molar-refractivity contribution in [2.45, 2.75) is 4.59 Å². The molecule has 0 saturated carbocycles. The standard InChI is InChI=1S/C7H4BrCl2F/c8-6-3-1-5(2-4-6)7(9,10)11/h1-4H. The van der Waals surface area contributed by atoms with Gasteiger partial charge in [0.1, 0.15) is 0 Å². The molecule has 1 aromatic rings. The van der Waals surface area contributed by atoms with Crippen molar-refractivity contribution in [3.63, 3.8) is 0 Å². The minimum absolute atomic E-state index is 0.240. The third kappa shape index (κ3) is 2.62. The van der Waals surface area contributed by atoms with E-state index in [-0.39, 0.29) is 5.56 Å². The predicted octanol–water partition coefficient (Wildman–Crippen LogP) is 4.01. The molecule has 0 amide bonds. The van der Waals surface area contributed by atoms with Gasteiger partial charge in [-0.15, -0.1) is 0 Å². The van der Waals surface area contributed by atoms with E-state index in [9.17, 15) is 4.39 Å². The fraction of sp³-hybridized carbons (Fsp3) is 0.143. The maximum Gasteiger partial charge on any atom is 0.283 e. The van der Waals surface area contributed by atoms with E-state index in [1.807, 2.05) is 0 Å². The van der Waals surface area contributed by atoms with E-state index < -0.39 is 4.59 Å². The van der Waals surface area contributed by atoms with Gasteiger partial charge in [0, 0.05) is 10.0 Å². The third-order valence-corrected chi connectivity index (χ3v) is 2.14. The Labute approximate surface area is 82.4 Å². The molecule has 1 aromatic carbocycles. The molecule has 60 valence electrons. The van der Waals surface area contributed by atoms with Gasteiger partial charge in [0.05, 0.1) is 0 Å². The van der Waals surface area contributed by atoms with Crippen LogP contribution in [0.1, 0.15) is 5.56 Å². The summed E-state index contributed by atoms with van der Waals surface area (Å²) in [4.78, 5) is 0. The molecule has 0 aliphatic rings. The summed E-state index contributed by atoms with van der Waals surface area (Å²) in [6, 6.07) is 6.39. The zero-order valence-corrected chi connectivity index (χ0v) is 8.42. The lowest BCUT2D eigenvalue weighted by molar-refractivity contribution is 0.405. The molecule has 0 nitrogen and oxygen atoms in total. The van der Waals surface area contributed by atoms with Gasteiger partial charge in [0.2, 0.25) is 0 Å². The Hall–Kier alpha value is 0.210. The van der Waals surface area contributed by atoms with Crippen LogP contribution in [0.15, 0.2) is 28.7 Å². The van der Waals surface area contributed by atoms with Gasteiger partial charge in [0.25, 0.3) is 4.59 Å². The van der Waals surface area contributed by atoms with E-state index in [1.165, 1.54) is 12.1 Å². The number of hydrogen-bond acceptors (Lipinski definition) is 0. The van der Waals surface area contributed by atoms with E-state index >= 15 is 0 Å². The van der Waals surface area contributed by atoms with Crippen molar-refractivity contribution < 1.29 is 4.39 Å². The summed E-state index contributed by atoms with van der Waals surface area (Å²) in [5, 5.41) is 0. The molecule has 0 heterocycles. The smallest absolute Gasteiger partial charge is 0.203 e. The Morgan fingerprint density at radius 3 is 2.00 bits per heavy atom. The molecule has 0 aromatic heterocycles. The van der Waals surface area contributed by atoms with Gasteiger partial charge in [-0.3, -0.25) is 0 Å². The maximum atomic E-state index is 12.8. The molecule has 4 heteroatoms. The molecule has 0 unspecified atom stereocenters. The summed E-state index contributed by atoms with van der Waals surface area (Å²) in [5.74, 6) is 0. The first-order valence-corrected chi connectivity index (χ1v) is 4.38. The average Bonchev–Trinajstić information content (AvgIpc) is 1.86. The molecule has 1 rings (SSSR count). The van der Waals surface area contributed by atoms with Gasteiger partial charge in [-0.25, -0.2) is 4.39 Å². The molecular weight excluding hydrogens is 254 g/mol. The van der Waals surface area contributed by atoms with Crippen LogP contribution in [-0.2, 0) is 4.59 Å². The molecule has 0 bridgehead atoms. The van der Waals surface area contributed by atoms with Crippen molar-refractivity contribution in [3.8, 4) is 0 Å². The minimum Gasteiger partial charge on any atom is -0.203 e. The van der Waals surface area contributed by atoms with Crippen LogP contribution in [-0.4, -0.2) is 0 Å². The van der Waals surface area contributed by atoms with Crippen LogP contribution in [0, 0.1) is 0 Å². The van der Waals surface area contributed by atoms with Crippen LogP contribution < -0.4 is 0 Å². The van der Waals surface area contributed by atoms with Gasteiger partial charge in [-0.1, -0.05) is 51.3 Å². The largest absolute Gasteiger partial charge is 0.283 e. The highest BCUT2D eigenvalue weighted by molar-refractivity contribution is 9.10. The van der Waals surface area contributed by atoms with Crippen LogP contribution >= 0.6 is 39.1 Å². The van der Waals surface area contributed by atoms with Crippen LogP contribution in [0.4, 0.5) is 4.39 Å². The van der Waals surface area contributed by atoms with Gasteiger partial charge in [0.15, 0.2) is 0 Å². The Balaban J connectivity index is 2.99. The monoisotopic (exact) mass is 256 g/mol. The number of halogens is 4. The number of hydrogen-bond donors (Lipinski definition) is 0. The van der Waals surface area contributed by atoms with Gasteiger partial charge >= 0.3 is 0 Å². The SMILES string of the molecule is FC(Cl)(Cl)c1ccc(Br)cc1. The molecule has 0 spiro atoms. The quantitative estimate of drug-likeness (QED) is 0.667. The second kappa shape index (κ2) is 3.30. The highest BCUT2D eigenvalue weighted by atomic mass is 79.9. The molecule has 11 heavy (non-hydrogen) atoms. The van der Waals surface area contributed by atoms with Crippen molar-refractivity contribution in [1.82, 2.24) is 0 Å². The minimum atomic E-state index is -2.29. The third-order valence-electron chi connectivity index (χ3n) is 1.17. The molecule has 0 aliphatic carbocycles. The predicted molar refractivity (Wildman–Crippen MR) is 48.6 cm³/mol. The van der Waals surface area contributed by atoms with E-state index in [0.29, 0.717) is 0 Å². The average molecular weight is 258 g/mol. The van der Waals surface area contributed by atoms with E-state index in [1.54, 1.807) is 12.1 Å². The summed E-state index contributed by atoms with van der Waals surface area (Å²) in [7, 11) is 0. The van der Waals surface area contributed by atoms with Crippen molar-refractivity contribution in [1.29, 1.82) is 0 Å². The highest BCUT2D eigenvalue weighted by Gasteiger charge is 2.24. The summed E-state index contributed by atoms with van der Waals surface area (Å²) in [6.45, 7) is 0. The summed E-state index contributed by atoms with van der Waals surface area (Å²) in [6.07, 6.45) is 0. The Kier molecular flexibility index (Phi) is 2.79. The molecule has 0 aliphatic heterocycles. The number of benzene rings is 1. The summed E-state index contributed by atoms with van der Waals surface area (Å²) in [5.41, 5.74) is 0.240. The van der Waals surface area contributed by atoms with Crippen molar-refractivity contribution in [2.24, 2.45) is 0 Å². The Morgan fingerprint density at radius 1 is 1.18 bits per heavy atom. The fourth-order valence-corrected chi connectivity index (χ4v) is 1.16. The van der Waals surface area contributed by atoms with E-state index in [2.05, 4.69) is 15.9 Å². The lowest BCUT2D eigenvalue weighted by Crippen LogP contribution is -2.00. The van der Waals surface area contributed by atoms with Gasteiger partial charge in [-0.05, 0) is 12.1 Å². The maximum absolute atomic E-state index is 12.8. The number of rotatable bonds is 1. The zero-order valence-electron chi connectivity index (χ0n) is 5.32. The fourth-order valence-electron chi connectivity index (χ4n) is 0.639. The normalized spacial score (nSPS) is 11.6. The lowest BCUT2D eigenvalue weighted by atomic mass is 10.2. The molecule has 0 saturated heterocycles.